The van der Waals surface area contributed by atoms with Gasteiger partial charge in [0.15, 0.2) is 9.49 Å². The van der Waals surface area contributed by atoms with Crippen LogP contribution in [0.25, 0.3) is 0 Å². The number of methoxy groups -OCH3 is 2. The number of aromatic nitrogens is 2. The summed E-state index contributed by atoms with van der Waals surface area (Å²) in [6, 6.07) is 7.28. The highest BCUT2D eigenvalue weighted by Gasteiger charge is 2.31. The molecule has 3 heterocycles. The van der Waals surface area contributed by atoms with Crippen LogP contribution in [0.2, 0.25) is 0 Å². The van der Waals surface area contributed by atoms with E-state index in [0.29, 0.717) is 11.8 Å². The van der Waals surface area contributed by atoms with Gasteiger partial charge in [0.1, 0.15) is 0 Å². The van der Waals surface area contributed by atoms with Crippen LogP contribution in [0.1, 0.15) is 0 Å². The Morgan fingerprint density at radius 2 is 1.73 bits per heavy atom. The smallest absolute Gasteiger partial charge is 0.213 e. The Kier molecular flexibility index (Phi) is 4.21. The minimum atomic E-state index is 0.553. The van der Waals surface area contributed by atoms with E-state index >= 15 is 0 Å². The number of aliphatic imine (C=N–C) groups is 1. The third-order valence-corrected chi connectivity index (χ3v) is 4.14. The number of pyridine rings is 2. The molecule has 0 unspecified atom stereocenters. The molecule has 22 heavy (non-hydrogen) atoms. The Bertz CT molecular complexity index is 717. The van der Waals surface area contributed by atoms with E-state index in [9.17, 15) is 0 Å². The van der Waals surface area contributed by atoms with Gasteiger partial charge in [-0.1, -0.05) is 12.2 Å². The van der Waals surface area contributed by atoms with E-state index in [4.69, 9.17) is 21.7 Å². The van der Waals surface area contributed by atoms with Crippen LogP contribution < -0.4 is 14.4 Å². The van der Waals surface area contributed by atoms with Gasteiger partial charge in [0.2, 0.25) is 11.8 Å². The summed E-state index contributed by atoms with van der Waals surface area (Å²) in [6.45, 7) is 0. The highest BCUT2D eigenvalue weighted by molar-refractivity contribution is 8.37. The first kappa shape index (κ1) is 14.7. The average Bonchev–Trinajstić information content (AvgIpc) is 2.55. The van der Waals surface area contributed by atoms with Gasteiger partial charge in [-0.15, -0.1) is 0 Å². The zero-order valence-corrected chi connectivity index (χ0v) is 13.5. The Morgan fingerprint density at radius 3 is 2.23 bits per heavy atom. The average molecular weight is 332 g/mol. The molecule has 3 rings (SSSR count). The van der Waals surface area contributed by atoms with Crippen molar-refractivity contribution in [1.82, 2.24) is 9.97 Å². The lowest BCUT2D eigenvalue weighted by Crippen LogP contribution is -2.42. The molecular weight excluding hydrogens is 320 g/mol. The third kappa shape index (κ3) is 2.88. The fraction of sp³-hybridized carbons (Fsp3) is 0.143. The van der Waals surface area contributed by atoms with Crippen molar-refractivity contribution in [1.29, 1.82) is 0 Å². The van der Waals surface area contributed by atoms with Crippen LogP contribution >= 0.6 is 24.0 Å². The van der Waals surface area contributed by atoms with Crippen molar-refractivity contribution in [3.05, 3.63) is 36.7 Å². The van der Waals surface area contributed by atoms with Gasteiger partial charge in [-0.05, 0) is 23.9 Å². The molecule has 1 fully saturated rings. The first-order valence-corrected chi connectivity index (χ1v) is 7.54. The molecule has 8 heteroatoms. The lowest BCUT2D eigenvalue weighted by molar-refractivity contribution is 0.398. The van der Waals surface area contributed by atoms with E-state index in [1.54, 1.807) is 38.7 Å². The van der Waals surface area contributed by atoms with Gasteiger partial charge in [0, 0.05) is 12.1 Å². The lowest BCUT2D eigenvalue weighted by atomic mass is 10.4. The summed E-state index contributed by atoms with van der Waals surface area (Å²) >= 11 is 6.73. The van der Waals surface area contributed by atoms with Crippen molar-refractivity contribution < 1.29 is 9.47 Å². The van der Waals surface area contributed by atoms with Gasteiger partial charge in [0.05, 0.1) is 38.0 Å². The predicted molar refractivity (Wildman–Crippen MR) is 91.3 cm³/mol. The molecule has 112 valence electrons. The zero-order chi connectivity index (χ0) is 15.5. The topological polar surface area (TPSA) is 59.8 Å². The summed E-state index contributed by atoms with van der Waals surface area (Å²) in [7, 11) is 3.15. The van der Waals surface area contributed by atoms with Gasteiger partial charge in [-0.2, -0.15) is 0 Å². The van der Waals surface area contributed by atoms with Gasteiger partial charge in [0.25, 0.3) is 0 Å². The number of nitrogens with zero attached hydrogens (tertiary/aromatic N) is 4. The Morgan fingerprint density at radius 1 is 1.05 bits per heavy atom. The number of thioether (sulfide) groups is 1. The zero-order valence-electron chi connectivity index (χ0n) is 11.9. The highest BCUT2D eigenvalue weighted by Crippen LogP contribution is 2.34. The fourth-order valence-electron chi connectivity index (χ4n) is 1.79. The maximum Gasteiger partial charge on any atom is 0.213 e. The summed E-state index contributed by atoms with van der Waals surface area (Å²) in [5.74, 6) is 1.11. The molecular formula is C14H12N4O2S2. The van der Waals surface area contributed by atoms with Crippen LogP contribution in [0.4, 0.5) is 11.4 Å². The van der Waals surface area contributed by atoms with E-state index in [2.05, 4.69) is 15.0 Å². The number of anilines is 1. The van der Waals surface area contributed by atoms with Crippen LogP contribution in [0, 0.1) is 0 Å². The molecule has 0 saturated carbocycles. The maximum absolute atomic E-state index is 5.29. The van der Waals surface area contributed by atoms with Crippen LogP contribution in [0.15, 0.2) is 41.7 Å². The van der Waals surface area contributed by atoms with Crippen molar-refractivity contribution in [3.8, 4) is 11.8 Å². The van der Waals surface area contributed by atoms with Crippen molar-refractivity contribution in [3.63, 3.8) is 0 Å². The molecule has 0 amide bonds. The third-order valence-electron chi connectivity index (χ3n) is 2.90. The van der Waals surface area contributed by atoms with Gasteiger partial charge < -0.3 is 9.47 Å². The van der Waals surface area contributed by atoms with Crippen LogP contribution in [-0.2, 0) is 0 Å². The Balaban J connectivity index is 1.83. The molecule has 0 radical (unpaired) electrons. The molecule has 0 spiro atoms. The summed E-state index contributed by atoms with van der Waals surface area (Å²) in [5, 5.41) is 0.781. The van der Waals surface area contributed by atoms with Crippen molar-refractivity contribution in [2.75, 3.05) is 19.1 Å². The van der Waals surface area contributed by atoms with E-state index in [1.165, 1.54) is 11.8 Å². The Labute approximate surface area is 137 Å². The highest BCUT2D eigenvalue weighted by atomic mass is 32.2. The van der Waals surface area contributed by atoms with Gasteiger partial charge >= 0.3 is 0 Å². The minimum absolute atomic E-state index is 0.553. The van der Waals surface area contributed by atoms with Gasteiger partial charge in [-0.25, -0.2) is 15.0 Å². The largest absolute Gasteiger partial charge is 0.481 e. The second kappa shape index (κ2) is 6.29. The number of hydrogen-bond donors (Lipinski definition) is 0. The summed E-state index contributed by atoms with van der Waals surface area (Å²) in [4.78, 5) is 14.7. The molecule has 1 saturated heterocycles. The molecule has 0 N–H and O–H groups in total. The summed E-state index contributed by atoms with van der Waals surface area (Å²) < 4.78 is 10.8. The standard InChI is InChI=1S/C14H12N4O2S2/c1-19-11-5-3-9(7-15-11)17-13-18(14(21)22-13)10-4-6-12(20-2)16-8-10/h3-8H,1-2H3. The van der Waals surface area contributed by atoms with E-state index < -0.39 is 0 Å². The first-order valence-electron chi connectivity index (χ1n) is 6.32. The van der Waals surface area contributed by atoms with Gasteiger partial charge in [-0.3, -0.25) is 4.90 Å². The molecule has 0 aromatic carbocycles. The van der Waals surface area contributed by atoms with Crippen LogP contribution in [0.5, 0.6) is 11.8 Å². The lowest BCUT2D eigenvalue weighted by Gasteiger charge is -2.33. The molecule has 0 atom stereocenters. The SMILES string of the molecule is COc1ccc(N=C2SC(=S)N2c2ccc(OC)nc2)cn1. The van der Waals surface area contributed by atoms with E-state index in [0.717, 1.165) is 20.9 Å². The number of thiocarbonyl (C=S) groups is 1. The summed E-state index contributed by atoms with van der Waals surface area (Å²) in [6.07, 6.45) is 3.35. The second-order valence-corrected chi connectivity index (χ2v) is 5.82. The number of hydrogen-bond acceptors (Lipinski definition) is 7. The quantitative estimate of drug-likeness (QED) is 0.798. The molecule has 6 nitrogen and oxygen atoms in total. The molecule has 1 aliphatic rings. The second-order valence-electron chi connectivity index (χ2n) is 4.22. The van der Waals surface area contributed by atoms with Crippen molar-refractivity contribution in [2.24, 2.45) is 4.99 Å². The monoisotopic (exact) mass is 332 g/mol. The van der Waals surface area contributed by atoms with Crippen molar-refractivity contribution in [2.45, 2.75) is 0 Å². The minimum Gasteiger partial charge on any atom is -0.481 e. The predicted octanol–water partition coefficient (Wildman–Crippen LogP) is 3.02. The molecule has 2 aromatic rings. The number of ether oxygens (including phenoxy) is 2. The fourth-order valence-corrected chi connectivity index (χ4v) is 3.01. The first-order chi connectivity index (χ1) is 10.7. The molecule has 0 bridgehead atoms. The van der Waals surface area contributed by atoms with E-state index in [1.807, 2.05) is 17.0 Å². The normalized spacial score (nSPS) is 15.6. The number of rotatable bonds is 4. The van der Waals surface area contributed by atoms with E-state index in [-0.39, 0.29) is 0 Å². The van der Waals surface area contributed by atoms with Crippen LogP contribution in [0.3, 0.4) is 0 Å². The Hall–Kier alpha value is -2.19. The van der Waals surface area contributed by atoms with Crippen molar-refractivity contribution >= 4 is 44.8 Å². The number of amidine groups is 1. The maximum atomic E-state index is 5.29. The molecule has 1 aliphatic heterocycles. The van der Waals surface area contributed by atoms with Crippen LogP contribution in [-0.4, -0.2) is 33.7 Å². The summed E-state index contributed by atoms with van der Waals surface area (Å²) in [5.41, 5.74) is 1.59. The molecule has 0 aliphatic carbocycles. The molecule has 2 aromatic heterocycles.